The Morgan fingerprint density at radius 1 is 1.39 bits per heavy atom. The Kier molecular flexibility index (Phi) is 3.90. The molecule has 118 valence electrons. The minimum atomic E-state index is -1.29. The maximum Gasteiger partial charge on any atom is 0.251 e. The minimum absolute atomic E-state index is 0.0223. The smallest absolute Gasteiger partial charge is 0.251 e. The molecule has 0 fully saturated rings. The van der Waals surface area contributed by atoms with Gasteiger partial charge in [-0.15, -0.1) is 5.10 Å². The number of carbonyl (C=O) groups excluding carboxylic acids is 1. The standard InChI is InChI=1S/C15H15N5O3/c1-15(22,13-6-3-7-23-13)9-16-14(21)11-4-2-5-12(8-11)20-10-17-18-19-20/h2-8,10,22H,9H2,1H3,(H,16,21). The van der Waals surface area contributed by atoms with Crippen LogP contribution in [0, 0.1) is 0 Å². The monoisotopic (exact) mass is 313 g/mol. The number of carbonyl (C=O) groups is 1. The highest BCUT2D eigenvalue weighted by Gasteiger charge is 2.27. The maximum atomic E-state index is 12.3. The Morgan fingerprint density at radius 3 is 2.96 bits per heavy atom. The summed E-state index contributed by atoms with van der Waals surface area (Å²) >= 11 is 0. The second-order valence-corrected chi connectivity index (χ2v) is 5.24. The SMILES string of the molecule is CC(O)(CNC(=O)c1cccc(-n2cnnn2)c1)c1ccco1. The van der Waals surface area contributed by atoms with Gasteiger partial charge in [-0.3, -0.25) is 4.79 Å². The van der Waals surface area contributed by atoms with Crippen molar-refractivity contribution in [1.82, 2.24) is 25.5 Å². The molecule has 0 aliphatic carbocycles. The third kappa shape index (κ3) is 3.27. The highest BCUT2D eigenvalue weighted by atomic mass is 16.4. The number of nitrogens with one attached hydrogen (secondary N) is 1. The van der Waals surface area contributed by atoms with Gasteiger partial charge in [-0.25, -0.2) is 4.68 Å². The van der Waals surface area contributed by atoms with Gasteiger partial charge in [0.1, 0.15) is 17.7 Å². The van der Waals surface area contributed by atoms with Crippen LogP contribution >= 0.6 is 0 Å². The van der Waals surface area contributed by atoms with Crippen molar-refractivity contribution in [2.24, 2.45) is 0 Å². The minimum Gasteiger partial charge on any atom is -0.466 e. The van der Waals surface area contributed by atoms with E-state index in [1.807, 2.05) is 0 Å². The van der Waals surface area contributed by atoms with Crippen LogP contribution in [0.1, 0.15) is 23.0 Å². The van der Waals surface area contributed by atoms with Crippen LogP contribution in [0.5, 0.6) is 0 Å². The van der Waals surface area contributed by atoms with Crippen molar-refractivity contribution in [2.75, 3.05) is 6.54 Å². The van der Waals surface area contributed by atoms with Crippen molar-refractivity contribution in [2.45, 2.75) is 12.5 Å². The summed E-state index contributed by atoms with van der Waals surface area (Å²) in [5.41, 5.74) is -0.180. The maximum absolute atomic E-state index is 12.3. The highest BCUT2D eigenvalue weighted by molar-refractivity contribution is 5.94. The second-order valence-electron chi connectivity index (χ2n) is 5.24. The lowest BCUT2D eigenvalue weighted by Gasteiger charge is -2.21. The van der Waals surface area contributed by atoms with Gasteiger partial charge in [0.15, 0.2) is 0 Å². The van der Waals surface area contributed by atoms with Crippen molar-refractivity contribution in [1.29, 1.82) is 0 Å². The lowest BCUT2D eigenvalue weighted by molar-refractivity contribution is 0.0330. The normalized spacial score (nSPS) is 13.5. The molecule has 8 nitrogen and oxygen atoms in total. The van der Waals surface area contributed by atoms with Crippen molar-refractivity contribution >= 4 is 5.91 Å². The first-order valence-electron chi connectivity index (χ1n) is 6.94. The third-order valence-corrected chi connectivity index (χ3v) is 3.37. The Bertz CT molecular complexity index is 781. The molecule has 0 spiro atoms. The zero-order valence-electron chi connectivity index (χ0n) is 12.4. The largest absolute Gasteiger partial charge is 0.466 e. The molecule has 3 rings (SSSR count). The molecule has 0 radical (unpaired) electrons. The fourth-order valence-electron chi connectivity index (χ4n) is 2.10. The van der Waals surface area contributed by atoms with Crippen LogP contribution in [-0.4, -0.2) is 37.8 Å². The van der Waals surface area contributed by atoms with E-state index in [1.54, 1.807) is 43.3 Å². The van der Waals surface area contributed by atoms with Gasteiger partial charge in [0, 0.05) is 5.56 Å². The number of aliphatic hydroxyl groups is 1. The van der Waals surface area contributed by atoms with Gasteiger partial charge >= 0.3 is 0 Å². The van der Waals surface area contributed by atoms with E-state index in [4.69, 9.17) is 4.42 Å². The zero-order chi connectivity index (χ0) is 16.3. The number of amides is 1. The molecule has 2 heterocycles. The highest BCUT2D eigenvalue weighted by Crippen LogP contribution is 2.20. The Hall–Kier alpha value is -3.00. The summed E-state index contributed by atoms with van der Waals surface area (Å²) in [7, 11) is 0. The number of hydrogen-bond acceptors (Lipinski definition) is 6. The second kappa shape index (κ2) is 6.01. The topological polar surface area (TPSA) is 106 Å². The summed E-state index contributed by atoms with van der Waals surface area (Å²) in [6.07, 6.45) is 2.92. The first-order valence-corrected chi connectivity index (χ1v) is 6.94. The molecule has 23 heavy (non-hydrogen) atoms. The van der Waals surface area contributed by atoms with Crippen LogP contribution in [-0.2, 0) is 5.60 Å². The molecular weight excluding hydrogens is 298 g/mol. The Labute approximate surface area is 131 Å². The molecular formula is C15H15N5O3. The number of nitrogens with zero attached hydrogens (tertiary/aromatic N) is 4. The molecule has 8 heteroatoms. The van der Waals surface area contributed by atoms with E-state index >= 15 is 0 Å². The molecule has 1 amide bonds. The van der Waals surface area contributed by atoms with Gasteiger partial charge in [0.25, 0.3) is 5.91 Å². The van der Waals surface area contributed by atoms with Gasteiger partial charge in [0.05, 0.1) is 18.5 Å². The van der Waals surface area contributed by atoms with Gasteiger partial charge in [-0.1, -0.05) is 6.07 Å². The van der Waals surface area contributed by atoms with Crippen LogP contribution in [0.25, 0.3) is 5.69 Å². The van der Waals surface area contributed by atoms with Crippen LogP contribution in [0.3, 0.4) is 0 Å². The number of hydrogen-bond donors (Lipinski definition) is 2. The number of benzene rings is 1. The number of rotatable bonds is 5. The summed E-state index contributed by atoms with van der Waals surface area (Å²) in [6, 6.07) is 10.2. The van der Waals surface area contributed by atoms with Crippen LogP contribution in [0.4, 0.5) is 0 Å². The molecule has 0 saturated carbocycles. The van der Waals surface area contributed by atoms with E-state index in [-0.39, 0.29) is 12.5 Å². The number of aromatic nitrogens is 4. The van der Waals surface area contributed by atoms with Crippen LogP contribution in [0.15, 0.2) is 53.4 Å². The van der Waals surface area contributed by atoms with Gasteiger partial charge in [0.2, 0.25) is 0 Å². The molecule has 0 saturated heterocycles. The van der Waals surface area contributed by atoms with Crippen molar-refractivity contribution < 1.29 is 14.3 Å². The van der Waals surface area contributed by atoms with Crippen molar-refractivity contribution in [3.63, 3.8) is 0 Å². The summed E-state index contributed by atoms with van der Waals surface area (Å²) in [5.74, 6) is 0.0759. The molecule has 0 bridgehead atoms. The molecule has 2 aromatic heterocycles. The fraction of sp³-hybridized carbons (Fsp3) is 0.200. The molecule has 0 aliphatic heterocycles. The van der Waals surface area contributed by atoms with E-state index in [0.29, 0.717) is 17.0 Å². The quantitative estimate of drug-likeness (QED) is 0.724. The van der Waals surface area contributed by atoms with Gasteiger partial charge < -0.3 is 14.8 Å². The van der Waals surface area contributed by atoms with E-state index in [9.17, 15) is 9.90 Å². The molecule has 1 aromatic carbocycles. The zero-order valence-corrected chi connectivity index (χ0v) is 12.4. The summed E-state index contributed by atoms with van der Waals surface area (Å²) in [5, 5.41) is 23.9. The first kappa shape index (κ1) is 14.9. The predicted octanol–water partition coefficient (Wildman–Crippen LogP) is 0.893. The number of furan rings is 1. The van der Waals surface area contributed by atoms with E-state index in [2.05, 4.69) is 20.8 Å². The predicted molar refractivity (Wildman–Crippen MR) is 79.8 cm³/mol. The third-order valence-electron chi connectivity index (χ3n) is 3.37. The number of tetrazole rings is 1. The van der Waals surface area contributed by atoms with Crippen LogP contribution in [0.2, 0.25) is 0 Å². The molecule has 1 unspecified atom stereocenters. The summed E-state index contributed by atoms with van der Waals surface area (Å²) in [4.78, 5) is 12.3. The molecule has 2 N–H and O–H groups in total. The van der Waals surface area contributed by atoms with Crippen molar-refractivity contribution in [3.8, 4) is 5.69 Å². The summed E-state index contributed by atoms with van der Waals surface area (Å²) in [6.45, 7) is 1.60. The molecule has 3 aromatic rings. The summed E-state index contributed by atoms with van der Waals surface area (Å²) < 4.78 is 6.63. The fourth-order valence-corrected chi connectivity index (χ4v) is 2.10. The van der Waals surface area contributed by atoms with Gasteiger partial charge in [-0.05, 0) is 47.7 Å². The van der Waals surface area contributed by atoms with E-state index in [1.165, 1.54) is 17.3 Å². The Morgan fingerprint density at radius 2 is 2.26 bits per heavy atom. The lowest BCUT2D eigenvalue weighted by Crippen LogP contribution is -2.38. The Balaban J connectivity index is 1.70. The van der Waals surface area contributed by atoms with Crippen molar-refractivity contribution in [3.05, 3.63) is 60.3 Å². The van der Waals surface area contributed by atoms with E-state index in [0.717, 1.165) is 0 Å². The van der Waals surface area contributed by atoms with Crippen LogP contribution < -0.4 is 5.32 Å². The molecule has 0 aliphatic rings. The van der Waals surface area contributed by atoms with E-state index < -0.39 is 5.60 Å². The van der Waals surface area contributed by atoms with Gasteiger partial charge in [-0.2, -0.15) is 0 Å². The lowest BCUT2D eigenvalue weighted by atomic mass is 10.0. The average molecular weight is 313 g/mol. The average Bonchev–Trinajstić information content (AvgIpc) is 3.25. The molecule has 1 atom stereocenters. The first-order chi connectivity index (χ1) is 11.1.